The van der Waals surface area contributed by atoms with E-state index in [1.807, 2.05) is 24.6 Å². The van der Waals surface area contributed by atoms with E-state index in [9.17, 15) is 4.79 Å². The van der Waals surface area contributed by atoms with Gasteiger partial charge in [-0.1, -0.05) is 6.42 Å². The zero-order valence-corrected chi connectivity index (χ0v) is 14.6. The first-order valence-electron chi connectivity index (χ1n) is 8.26. The summed E-state index contributed by atoms with van der Waals surface area (Å²) in [6, 6.07) is 2.50. The number of aromatic amines is 1. The van der Waals surface area contributed by atoms with Crippen molar-refractivity contribution in [1.29, 1.82) is 0 Å². The molecule has 6 heteroatoms. The van der Waals surface area contributed by atoms with E-state index in [-0.39, 0.29) is 5.91 Å². The minimum Gasteiger partial charge on any atom is -0.357 e. The maximum atomic E-state index is 12.2. The van der Waals surface area contributed by atoms with Gasteiger partial charge < -0.3 is 10.3 Å². The average molecular weight is 332 g/mol. The Hall–Kier alpha value is -1.66. The van der Waals surface area contributed by atoms with Crippen molar-refractivity contribution in [2.45, 2.75) is 39.2 Å². The lowest BCUT2D eigenvalue weighted by atomic mass is 10.0. The third kappa shape index (κ3) is 4.00. The molecule has 5 nitrogen and oxygen atoms in total. The Kier molecular flexibility index (Phi) is 5.13. The molecule has 1 aliphatic rings. The Bertz CT molecular complexity index is 663. The topological polar surface area (TPSA) is 61.0 Å². The van der Waals surface area contributed by atoms with E-state index in [0.717, 1.165) is 29.4 Å². The first-order valence-corrected chi connectivity index (χ1v) is 9.14. The van der Waals surface area contributed by atoms with Gasteiger partial charge in [0, 0.05) is 36.3 Å². The summed E-state index contributed by atoms with van der Waals surface area (Å²) < 4.78 is 0. The Morgan fingerprint density at radius 1 is 1.52 bits per heavy atom. The predicted octanol–water partition coefficient (Wildman–Crippen LogP) is 3.05. The van der Waals surface area contributed by atoms with Crippen molar-refractivity contribution in [3.05, 3.63) is 28.3 Å². The second kappa shape index (κ2) is 7.27. The van der Waals surface area contributed by atoms with Gasteiger partial charge in [-0.15, -0.1) is 11.3 Å². The van der Waals surface area contributed by atoms with E-state index in [4.69, 9.17) is 0 Å². The molecule has 3 rings (SSSR count). The lowest BCUT2D eigenvalue weighted by Crippen LogP contribution is -2.42. The Balaban J connectivity index is 1.51. The quantitative estimate of drug-likeness (QED) is 0.885. The number of likely N-dealkylation sites (tertiary alicyclic amines) is 1. The van der Waals surface area contributed by atoms with E-state index in [2.05, 4.69) is 27.1 Å². The molecule has 1 fully saturated rings. The van der Waals surface area contributed by atoms with Crippen molar-refractivity contribution in [2.75, 3.05) is 19.6 Å². The first-order chi connectivity index (χ1) is 11.1. The van der Waals surface area contributed by atoms with Gasteiger partial charge in [0.15, 0.2) is 0 Å². The van der Waals surface area contributed by atoms with Crippen LogP contribution in [0.15, 0.2) is 17.6 Å². The number of thiazole rings is 1. The van der Waals surface area contributed by atoms with Crippen LogP contribution in [-0.4, -0.2) is 46.5 Å². The number of carbonyl (C=O) groups is 1. The van der Waals surface area contributed by atoms with Crippen LogP contribution in [0.5, 0.6) is 0 Å². The Morgan fingerprint density at radius 3 is 3.13 bits per heavy atom. The van der Waals surface area contributed by atoms with Gasteiger partial charge in [0.1, 0.15) is 5.69 Å². The van der Waals surface area contributed by atoms with Crippen molar-refractivity contribution in [3.8, 4) is 11.3 Å². The molecule has 23 heavy (non-hydrogen) atoms. The van der Waals surface area contributed by atoms with Gasteiger partial charge in [-0.05, 0) is 39.3 Å². The van der Waals surface area contributed by atoms with Crippen LogP contribution >= 0.6 is 11.3 Å². The van der Waals surface area contributed by atoms with Crippen molar-refractivity contribution in [1.82, 2.24) is 20.2 Å². The maximum absolute atomic E-state index is 12.2. The second-order valence-corrected chi connectivity index (χ2v) is 7.25. The predicted molar refractivity (Wildman–Crippen MR) is 93.9 cm³/mol. The van der Waals surface area contributed by atoms with Crippen LogP contribution in [0.3, 0.4) is 0 Å². The highest BCUT2D eigenvalue weighted by Crippen LogP contribution is 2.22. The SMILES string of the molecule is Cc1nc(-c2c[nH]c(C(=O)NCCN3CCCC[C@@H]3C)c2)cs1. The van der Waals surface area contributed by atoms with Crippen LogP contribution in [0.4, 0.5) is 0 Å². The minimum absolute atomic E-state index is 0.0483. The molecule has 1 atom stereocenters. The molecule has 124 valence electrons. The summed E-state index contributed by atoms with van der Waals surface area (Å²) in [6.07, 6.45) is 5.70. The molecule has 2 aromatic heterocycles. The number of carbonyl (C=O) groups excluding carboxylic acids is 1. The van der Waals surface area contributed by atoms with Crippen LogP contribution in [-0.2, 0) is 0 Å². The third-order valence-electron chi connectivity index (χ3n) is 4.47. The Morgan fingerprint density at radius 2 is 2.39 bits per heavy atom. The van der Waals surface area contributed by atoms with Crippen LogP contribution in [0, 0.1) is 6.92 Å². The molecular weight excluding hydrogens is 308 g/mol. The van der Waals surface area contributed by atoms with Gasteiger partial charge in [-0.3, -0.25) is 9.69 Å². The number of H-pyrrole nitrogens is 1. The molecule has 0 spiro atoms. The smallest absolute Gasteiger partial charge is 0.267 e. The molecule has 1 saturated heterocycles. The summed E-state index contributed by atoms with van der Waals surface area (Å²) >= 11 is 1.62. The monoisotopic (exact) mass is 332 g/mol. The van der Waals surface area contributed by atoms with E-state index >= 15 is 0 Å². The normalized spacial score (nSPS) is 19.0. The number of hydrogen-bond acceptors (Lipinski definition) is 4. The van der Waals surface area contributed by atoms with Crippen LogP contribution < -0.4 is 5.32 Å². The number of nitrogens with zero attached hydrogens (tertiary/aromatic N) is 2. The number of amides is 1. The lowest BCUT2D eigenvalue weighted by molar-refractivity contribution is 0.0934. The van der Waals surface area contributed by atoms with Gasteiger partial charge in [-0.2, -0.15) is 0 Å². The summed E-state index contributed by atoms with van der Waals surface area (Å²) in [5, 5.41) is 6.05. The fourth-order valence-corrected chi connectivity index (χ4v) is 3.69. The zero-order chi connectivity index (χ0) is 16.2. The molecule has 1 amide bonds. The number of hydrogen-bond donors (Lipinski definition) is 2. The fourth-order valence-electron chi connectivity index (χ4n) is 3.07. The summed E-state index contributed by atoms with van der Waals surface area (Å²) in [5.74, 6) is -0.0483. The fraction of sp³-hybridized carbons (Fsp3) is 0.529. The average Bonchev–Trinajstić information content (AvgIpc) is 3.18. The van der Waals surface area contributed by atoms with Crippen molar-refractivity contribution in [2.24, 2.45) is 0 Å². The zero-order valence-electron chi connectivity index (χ0n) is 13.8. The number of rotatable bonds is 5. The number of piperidine rings is 1. The highest BCUT2D eigenvalue weighted by atomic mass is 32.1. The molecule has 0 aromatic carbocycles. The highest BCUT2D eigenvalue weighted by molar-refractivity contribution is 7.09. The van der Waals surface area contributed by atoms with Crippen molar-refractivity contribution >= 4 is 17.2 Å². The summed E-state index contributed by atoms with van der Waals surface area (Å²) in [4.78, 5) is 22.2. The van der Waals surface area contributed by atoms with Crippen molar-refractivity contribution < 1.29 is 4.79 Å². The van der Waals surface area contributed by atoms with E-state index < -0.39 is 0 Å². The molecule has 0 aliphatic carbocycles. The number of nitrogens with one attached hydrogen (secondary N) is 2. The maximum Gasteiger partial charge on any atom is 0.267 e. The molecule has 0 bridgehead atoms. The molecule has 2 aromatic rings. The van der Waals surface area contributed by atoms with Gasteiger partial charge in [-0.25, -0.2) is 4.98 Å². The molecule has 2 N–H and O–H groups in total. The molecule has 0 unspecified atom stereocenters. The van der Waals surface area contributed by atoms with E-state index in [1.165, 1.54) is 19.3 Å². The largest absolute Gasteiger partial charge is 0.357 e. The molecule has 3 heterocycles. The van der Waals surface area contributed by atoms with Crippen molar-refractivity contribution in [3.63, 3.8) is 0 Å². The van der Waals surface area contributed by atoms with Gasteiger partial charge in [0.05, 0.1) is 10.7 Å². The van der Waals surface area contributed by atoms with E-state index in [0.29, 0.717) is 18.3 Å². The molecular formula is C17H24N4OS. The number of aryl methyl sites for hydroxylation is 1. The van der Waals surface area contributed by atoms with Gasteiger partial charge in [0.2, 0.25) is 0 Å². The van der Waals surface area contributed by atoms with E-state index in [1.54, 1.807) is 11.3 Å². The molecule has 0 saturated carbocycles. The third-order valence-corrected chi connectivity index (χ3v) is 5.24. The summed E-state index contributed by atoms with van der Waals surface area (Å²) in [7, 11) is 0. The first kappa shape index (κ1) is 16.2. The Labute approximate surface area is 141 Å². The van der Waals surface area contributed by atoms with Crippen LogP contribution in [0.25, 0.3) is 11.3 Å². The summed E-state index contributed by atoms with van der Waals surface area (Å²) in [5.41, 5.74) is 2.48. The summed E-state index contributed by atoms with van der Waals surface area (Å²) in [6.45, 7) is 7.01. The highest BCUT2D eigenvalue weighted by Gasteiger charge is 2.18. The minimum atomic E-state index is -0.0483. The van der Waals surface area contributed by atoms with Crippen LogP contribution in [0.2, 0.25) is 0 Å². The molecule has 0 radical (unpaired) electrons. The molecule has 1 aliphatic heterocycles. The van der Waals surface area contributed by atoms with Gasteiger partial charge in [0.25, 0.3) is 5.91 Å². The second-order valence-electron chi connectivity index (χ2n) is 6.19. The number of aromatic nitrogens is 2. The van der Waals surface area contributed by atoms with Gasteiger partial charge >= 0.3 is 0 Å². The van der Waals surface area contributed by atoms with Crippen LogP contribution in [0.1, 0.15) is 41.7 Å². The standard InChI is InChI=1S/C17H24N4OS/c1-12-5-3-4-7-21(12)8-6-18-17(22)15-9-14(10-19-15)16-11-23-13(2)20-16/h9-12,19H,3-8H2,1-2H3,(H,18,22)/t12-/m0/s1. The lowest BCUT2D eigenvalue weighted by Gasteiger charge is -2.33.